The van der Waals surface area contributed by atoms with E-state index in [1.165, 1.54) is 6.07 Å². The lowest BCUT2D eigenvalue weighted by Gasteiger charge is -2.36. The molecule has 0 spiro atoms. The van der Waals surface area contributed by atoms with Crippen LogP contribution in [0.1, 0.15) is 63.3 Å². The predicted molar refractivity (Wildman–Crippen MR) is 154 cm³/mol. The molecule has 1 atom stereocenters. The first-order valence-corrected chi connectivity index (χ1v) is 14.0. The Morgan fingerprint density at radius 1 is 1.17 bits per heavy atom. The molecular weight excluding hydrogens is 572 g/mol. The molecule has 2 aromatic carbocycles. The van der Waals surface area contributed by atoms with Crippen LogP contribution in [-0.4, -0.2) is 48.0 Å². The van der Waals surface area contributed by atoms with Gasteiger partial charge in [0.05, 0.1) is 34.9 Å². The van der Waals surface area contributed by atoms with Gasteiger partial charge in [-0.05, 0) is 82.3 Å². The molecule has 3 N–H and O–H groups in total. The Bertz CT molecular complexity index is 1430. The van der Waals surface area contributed by atoms with Crippen LogP contribution in [0.3, 0.4) is 0 Å². The lowest BCUT2D eigenvalue weighted by atomic mass is 9.93. The first kappa shape index (κ1) is 30.4. The van der Waals surface area contributed by atoms with E-state index < -0.39 is 28.8 Å². The smallest absolute Gasteiger partial charge is 0.407 e. The maximum Gasteiger partial charge on any atom is 0.407 e. The van der Waals surface area contributed by atoms with Crippen molar-refractivity contribution in [2.45, 2.75) is 58.6 Å². The van der Waals surface area contributed by atoms with Crippen molar-refractivity contribution in [2.75, 3.05) is 30.3 Å². The van der Waals surface area contributed by atoms with Crippen molar-refractivity contribution in [3.63, 3.8) is 0 Å². The number of ether oxygens (including phenoxy) is 1. The largest absolute Gasteiger partial charge is 0.444 e. The molecule has 3 amide bonds. The van der Waals surface area contributed by atoms with E-state index in [1.54, 1.807) is 31.7 Å². The Labute approximate surface area is 248 Å². The molecule has 9 nitrogen and oxygen atoms in total. The number of hydrogen-bond donors (Lipinski definition) is 3. The highest BCUT2D eigenvalue weighted by Crippen LogP contribution is 2.46. The van der Waals surface area contributed by atoms with Gasteiger partial charge in [0.15, 0.2) is 0 Å². The van der Waals surface area contributed by atoms with E-state index in [0.29, 0.717) is 35.9 Å². The number of rotatable bonds is 7. The summed E-state index contributed by atoms with van der Waals surface area (Å²) in [5.41, 5.74) is 0.273. The topological polar surface area (TPSA) is 124 Å². The highest BCUT2D eigenvalue weighted by Gasteiger charge is 2.50. The van der Waals surface area contributed by atoms with Crippen LogP contribution in [0.25, 0.3) is 0 Å². The molecule has 1 aliphatic carbocycles. The molecule has 218 valence electrons. The molecule has 0 bridgehead atoms. The number of hydrogen-bond acceptors (Lipinski definition) is 6. The third-order valence-corrected chi connectivity index (χ3v) is 7.75. The van der Waals surface area contributed by atoms with Crippen LogP contribution in [-0.2, 0) is 20.7 Å². The summed E-state index contributed by atoms with van der Waals surface area (Å²) in [6.45, 7) is 7.37. The number of anilines is 2. The number of nitrogens with one attached hydrogen (secondary N) is 3. The normalized spacial score (nSPS) is 17.1. The molecule has 1 fully saturated rings. The van der Waals surface area contributed by atoms with Crippen LogP contribution >= 0.6 is 23.2 Å². The lowest BCUT2D eigenvalue weighted by molar-refractivity contribution is -0.131. The molecule has 4 rings (SSSR count). The summed E-state index contributed by atoms with van der Waals surface area (Å²) in [4.78, 5) is 39.9. The van der Waals surface area contributed by atoms with E-state index >= 15 is 0 Å². The molecule has 2 aliphatic rings. The van der Waals surface area contributed by atoms with E-state index in [9.17, 15) is 24.0 Å². The van der Waals surface area contributed by atoms with Gasteiger partial charge in [0.1, 0.15) is 17.5 Å². The number of alkyl carbamates (subject to hydrolysis) is 1. The van der Waals surface area contributed by atoms with Crippen molar-refractivity contribution in [3.05, 3.63) is 56.8 Å². The summed E-state index contributed by atoms with van der Waals surface area (Å²) in [5.74, 6) is -1.42. The van der Waals surface area contributed by atoms with Crippen LogP contribution in [0.15, 0.2) is 24.3 Å². The Kier molecular flexibility index (Phi) is 8.71. The fraction of sp³-hybridized carbons (Fsp3) is 0.448. The van der Waals surface area contributed by atoms with E-state index in [-0.39, 0.29) is 42.0 Å². The fourth-order valence-electron chi connectivity index (χ4n) is 4.87. The highest BCUT2D eigenvalue weighted by molar-refractivity contribution is 6.35. The second-order valence-corrected chi connectivity index (χ2v) is 12.3. The van der Waals surface area contributed by atoms with Gasteiger partial charge in [0, 0.05) is 23.1 Å². The summed E-state index contributed by atoms with van der Waals surface area (Å²) in [5, 5.41) is 18.7. The Morgan fingerprint density at radius 3 is 2.51 bits per heavy atom. The van der Waals surface area contributed by atoms with Gasteiger partial charge < -0.3 is 25.6 Å². The summed E-state index contributed by atoms with van der Waals surface area (Å²) in [6, 6.07) is 7.38. The SMILES string of the molecule is C[C@H]1c2c(Cl)cc(Cl)cc2CCN1C(=O)CNc1cc(NC(=O)C2(CNC(=O)OC(C)(C)C)CC2)c(C#N)cc1F. The molecule has 1 aliphatic heterocycles. The number of benzene rings is 2. The monoisotopic (exact) mass is 603 g/mol. The number of nitrogens with zero attached hydrogens (tertiary/aromatic N) is 2. The maximum absolute atomic E-state index is 14.9. The molecule has 1 saturated carbocycles. The predicted octanol–water partition coefficient (Wildman–Crippen LogP) is 5.81. The van der Waals surface area contributed by atoms with Crippen molar-refractivity contribution in [1.82, 2.24) is 10.2 Å². The first-order valence-electron chi connectivity index (χ1n) is 13.3. The molecule has 0 aromatic heterocycles. The van der Waals surface area contributed by atoms with Crippen LogP contribution in [0, 0.1) is 22.6 Å². The Morgan fingerprint density at radius 2 is 1.88 bits per heavy atom. The van der Waals surface area contributed by atoms with Crippen molar-refractivity contribution in [3.8, 4) is 6.07 Å². The molecule has 0 saturated heterocycles. The van der Waals surface area contributed by atoms with Gasteiger partial charge in [0.2, 0.25) is 11.8 Å². The van der Waals surface area contributed by atoms with Crippen LogP contribution in [0.4, 0.5) is 20.6 Å². The van der Waals surface area contributed by atoms with E-state index in [2.05, 4.69) is 16.0 Å². The molecule has 2 aromatic rings. The summed E-state index contributed by atoms with van der Waals surface area (Å²) in [7, 11) is 0. The molecule has 12 heteroatoms. The molecular formula is C29H32Cl2FN5O4. The maximum atomic E-state index is 14.9. The number of fused-ring (bicyclic) bond motifs is 1. The van der Waals surface area contributed by atoms with E-state index in [4.69, 9.17) is 27.9 Å². The zero-order chi connectivity index (χ0) is 30.1. The van der Waals surface area contributed by atoms with Gasteiger partial charge in [-0.15, -0.1) is 0 Å². The summed E-state index contributed by atoms with van der Waals surface area (Å²) < 4.78 is 20.1. The summed E-state index contributed by atoms with van der Waals surface area (Å²) >= 11 is 12.5. The van der Waals surface area contributed by atoms with E-state index in [0.717, 1.165) is 17.2 Å². The zero-order valence-electron chi connectivity index (χ0n) is 23.3. The average Bonchev–Trinajstić information content (AvgIpc) is 3.67. The molecule has 41 heavy (non-hydrogen) atoms. The van der Waals surface area contributed by atoms with Gasteiger partial charge in [-0.1, -0.05) is 23.2 Å². The number of carbonyl (C=O) groups is 3. The summed E-state index contributed by atoms with van der Waals surface area (Å²) in [6.07, 6.45) is 1.01. The minimum Gasteiger partial charge on any atom is -0.444 e. The van der Waals surface area contributed by atoms with Gasteiger partial charge in [-0.25, -0.2) is 9.18 Å². The second kappa shape index (κ2) is 11.7. The Balaban J connectivity index is 1.42. The van der Waals surface area contributed by atoms with Crippen molar-refractivity contribution >= 4 is 52.5 Å². The van der Waals surface area contributed by atoms with Gasteiger partial charge in [-0.2, -0.15) is 5.26 Å². The van der Waals surface area contributed by atoms with Crippen molar-refractivity contribution in [1.29, 1.82) is 5.26 Å². The number of halogens is 3. The average molecular weight is 605 g/mol. The van der Waals surface area contributed by atoms with E-state index in [1.807, 2.05) is 19.1 Å². The molecule has 1 heterocycles. The quantitative estimate of drug-likeness (QED) is 0.367. The number of nitriles is 1. The highest BCUT2D eigenvalue weighted by atomic mass is 35.5. The van der Waals surface area contributed by atoms with Gasteiger partial charge >= 0.3 is 6.09 Å². The zero-order valence-corrected chi connectivity index (χ0v) is 24.8. The van der Waals surface area contributed by atoms with Crippen LogP contribution in [0.5, 0.6) is 0 Å². The van der Waals surface area contributed by atoms with Crippen molar-refractivity contribution in [2.24, 2.45) is 5.41 Å². The minimum atomic E-state index is -0.853. The van der Waals surface area contributed by atoms with Crippen LogP contribution < -0.4 is 16.0 Å². The minimum absolute atomic E-state index is 0.0424. The standard InChI is InChI=1S/C29H32Cl2FN5O4/c1-16-25-17(9-19(30)11-20(25)31)5-8-37(16)24(38)14-34-23-12-22(18(13-33)10-21(23)32)36-26(39)29(6-7-29)15-35-27(40)41-28(2,3)4/h9-12,16,34H,5-8,14-15H2,1-4H3,(H,35,40)(H,36,39)/t16-/m0/s1. The molecule has 0 radical (unpaired) electrons. The third kappa shape index (κ3) is 7.03. The lowest BCUT2D eigenvalue weighted by Crippen LogP contribution is -2.42. The second-order valence-electron chi connectivity index (χ2n) is 11.4. The van der Waals surface area contributed by atoms with Gasteiger partial charge in [0.25, 0.3) is 0 Å². The first-order chi connectivity index (χ1) is 19.2. The number of carbonyl (C=O) groups excluding carboxylic acids is 3. The molecule has 0 unspecified atom stereocenters. The Hall–Kier alpha value is -3.55. The third-order valence-electron chi connectivity index (χ3n) is 7.22. The fourth-order valence-corrected chi connectivity index (χ4v) is 5.56. The van der Waals surface area contributed by atoms with Crippen LogP contribution in [0.2, 0.25) is 10.0 Å². The number of amides is 3. The van der Waals surface area contributed by atoms with Gasteiger partial charge in [-0.3, -0.25) is 9.59 Å². The van der Waals surface area contributed by atoms with Crippen molar-refractivity contribution < 1.29 is 23.5 Å².